The molecular weight excluding hydrogens is 242 g/mol. The molecular formula is C14H19N3O2. The third-order valence-electron chi connectivity index (χ3n) is 4.50. The minimum atomic E-state index is -0.358. The van der Waals surface area contributed by atoms with Crippen LogP contribution in [0.4, 0.5) is 5.82 Å². The van der Waals surface area contributed by atoms with Gasteiger partial charge in [0, 0.05) is 19.3 Å². The van der Waals surface area contributed by atoms with Gasteiger partial charge in [-0.2, -0.15) is 0 Å². The molecule has 2 fully saturated rings. The lowest BCUT2D eigenvalue weighted by Gasteiger charge is -2.24. The lowest BCUT2D eigenvalue weighted by Crippen LogP contribution is -2.27. The third kappa shape index (κ3) is 2.17. The Bertz CT molecular complexity index is 483. The third-order valence-corrected chi connectivity index (χ3v) is 4.50. The quantitative estimate of drug-likeness (QED) is 0.762. The van der Waals surface area contributed by atoms with E-state index in [-0.39, 0.29) is 5.97 Å². The van der Waals surface area contributed by atoms with Gasteiger partial charge in [-0.1, -0.05) is 12.8 Å². The molecule has 3 rings (SSSR count). The second-order valence-corrected chi connectivity index (χ2v) is 5.63. The molecule has 1 aromatic heterocycles. The van der Waals surface area contributed by atoms with Gasteiger partial charge in [-0.15, -0.1) is 0 Å². The van der Waals surface area contributed by atoms with E-state index in [1.54, 1.807) is 6.20 Å². The van der Waals surface area contributed by atoms with Gasteiger partial charge >= 0.3 is 5.97 Å². The molecule has 2 aliphatic rings. The molecule has 0 atom stereocenters. The van der Waals surface area contributed by atoms with E-state index < -0.39 is 0 Å². The zero-order chi connectivity index (χ0) is 13.3. The maximum atomic E-state index is 11.8. The molecule has 19 heavy (non-hydrogen) atoms. The number of ether oxygens (including phenoxy) is 1. The van der Waals surface area contributed by atoms with Crippen molar-refractivity contribution in [2.75, 3.05) is 25.1 Å². The largest absolute Gasteiger partial charge is 0.465 e. The smallest absolute Gasteiger partial charge is 0.343 e. The van der Waals surface area contributed by atoms with Gasteiger partial charge in [-0.25, -0.2) is 14.8 Å². The van der Waals surface area contributed by atoms with Crippen molar-refractivity contribution in [3.8, 4) is 0 Å². The Hall–Kier alpha value is -1.65. The maximum Gasteiger partial charge on any atom is 0.343 e. The lowest BCUT2D eigenvalue weighted by molar-refractivity contribution is 0.0600. The van der Waals surface area contributed by atoms with Gasteiger partial charge in [-0.05, 0) is 24.7 Å². The van der Waals surface area contributed by atoms with Crippen LogP contribution in [0.25, 0.3) is 0 Å². The number of methoxy groups -OCH3 is 1. The highest BCUT2D eigenvalue weighted by Gasteiger charge is 2.41. The molecule has 2 heterocycles. The summed E-state index contributed by atoms with van der Waals surface area (Å²) in [5, 5.41) is 0. The van der Waals surface area contributed by atoms with Crippen LogP contribution in [-0.2, 0) is 4.74 Å². The van der Waals surface area contributed by atoms with Crippen LogP contribution in [0.1, 0.15) is 42.5 Å². The van der Waals surface area contributed by atoms with Crippen LogP contribution in [0.5, 0.6) is 0 Å². The van der Waals surface area contributed by atoms with Crippen LogP contribution in [0, 0.1) is 5.41 Å². The van der Waals surface area contributed by atoms with Crippen LogP contribution in [0.15, 0.2) is 12.5 Å². The van der Waals surface area contributed by atoms with E-state index in [2.05, 4.69) is 14.9 Å². The van der Waals surface area contributed by atoms with Crippen molar-refractivity contribution in [3.63, 3.8) is 0 Å². The summed E-state index contributed by atoms with van der Waals surface area (Å²) in [5.74, 6) is 0.369. The van der Waals surface area contributed by atoms with Crippen LogP contribution in [0.2, 0.25) is 0 Å². The fourth-order valence-electron chi connectivity index (χ4n) is 3.48. The minimum Gasteiger partial charge on any atom is -0.465 e. The summed E-state index contributed by atoms with van der Waals surface area (Å²) in [6.07, 6.45) is 9.54. The summed E-state index contributed by atoms with van der Waals surface area (Å²) in [6, 6.07) is 0. The molecule has 1 spiro atoms. The first-order valence-electron chi connectivity index (χ1n) is 6.87. The van der Waals surface area contributed by atoms with E-state index in [1.807, 2.05) is 0 Å². The fourth-order valence-corrected chi connectivity index (χ4v) is 3.48. The number of anilines is 1. The Morgan fingerprint density at radius 1 is 1.37 bits per heavy atom. The van der Waals surface area contributed by atoms with Gasteiger partial charge in [0.15, 0.2) is 0 Å². The van der Waals surface area contributed by atoms with Crippen LogP contribution >= 0.6 is 0 Å². The molecule has 0 unspecified atom stereocenters. The van der Waals surface area contributed by atoms with E-state index in [0.717, 1.165) is 18.9 Å². The van der Waals surface area contributed by atoms with E-state index in [1.165, 1.54) is 45.5 Å². The highest BCUT2D eigenvalue weighted by atomic mass is 16.5. The molecule has 0 amide bonds. The molecule has 0 bridgehead atoms. The molecule has 0 radical (unpaired) electrons. The van der Waals surface area contributed by atoms with Crippen LogP contribution in [-0.4, -0.2) is 36.1 Å². The van der Waals surface area contributed by atoms with E-state index in [0.29, 0.717) is 11.0 Å². The summed E-state index contributed by atoms with van der Waals surface area (Å²) < 4.78 is 4.81. The minimum absolute atomic E-state index is 0.358. The van der Waals surface area contributed by atoms with Gasteiger partial charge in [0.2, 0.25) is 0 Å². The van der Waals surface area contributed by atoms with E-state index in [4.69, 9.17) is 4.74 Å². The molecule has 5 nitrogen and oxygen atoms in total. The van der Waals surface area contributed by atoms with Crippen molar-refractivity contribution in [2.45, 2.75) is 32.1 Å². The topological polar surface area (TPSA) is 55.3 Å². The van der Waals surface area contributed by atoms with Gasteiger partial charge in [0.25, 0.3) is 0 Å². The normalized spacial score (nSPS) is 21.0. The van der Waals surface area contributed by atoms with E-state index in [9.17, 15) is 4.79 Å². The first-order chi connectivity index (χ1) is 9.24. The SMILES string of the molecule is COC(=O)c1cncnc1N1CCC2(CCCC2)C1. The second kappa shape index (κ2) is 4.79. The zero-order valence-electron chi connectivity index (χ0n) is 11.3. The van der Waals surface area contributed by atoms with Crippen LogP contribution < -0.4 is 4.90 Å². The monoisotopic (exact) mass is 261 g/mol. The average molecular weight is 261 g/mol. The fraction of sp³-hybridized carbons (Fsp3) is 0.643. The predicted octanol–water partition coefficient (Wildman–Crippen LogP) is 2.03. The standard InChI is InChI=1S/C14H19N3O2/c1-19-13(18)11-8-15-10-16-12(11)17-7-6-14(9-17)4-2-3-5-14/h8,10H,2-7,9H2,1H3. The Kier molecular flexibility index (Phi) is 3.12. The molecule has 1 aliphatic carbocycles. The van der Waals surface area contributed by atoms with Gasteiger partial charge in [0.1, 0.15) is 17.7 Å². The first kappa shape index (κ1) is 12.4. The molecule has 1 saturated heterocycles. The number of nitrogens with zero attached hydrogens (tertiary/aromatic N) is 3. The highest BCUT2D eigenvalue weighted by Crippen LogP contribution is 2.46. The van der Waals surface area contributed by atoms with Crippen molar-refractivity contribution < 1.29 is 9.53 Å². The summed E-state index contributed by atoms with van der Waals surface area (Å²) >= 11 is 0. The molecule has 5 heteroatoms. The number of hydrogen-bond donors (Lipinski definition) is 0. The zero-order valence-corrected chi connectivity index (χ0v) is 11.3. The molecule has 102 valence electrons. The Balaban J connectivity index is 1.85. The Morgan fingerprint density at radius 2 is 2.16 bits per heavy atom. The average Bonchev–Trinajstić information content (AvgIpc) is 3.09. The van der Waals surface area contributed by atoms with Crippen molar-refractivity contribution in [1.29, 1.82) is 0 Å². The predicted molar refractivity (Wildman–Crippen MR) is 71.1 cm³/mol. The van der Waals surface area contributed by atoms with Crippen molar-refractivity contribution in [3.05, 3.63) is 18.1 Å². The van der Waals surface area contributed by atoms with Gasteiger partial charge in [-0.3, -0.25) is 0 Å². The molecule has 1 aliphatic heterocycles. The molecule has 0 N–H and O–H groups in total. The lowest BCUT2D eigenvalue weighted by atomic mass is 9.86. The number of aromatic nitrogens is 2. The van der Waals surface area contributed by atoms with Gasteiger partial charge in [0.05, 0.1) is 7.11 Å². The molecule has 1 aromatic rings. The van der Waals surface area contributed by atoms with Crippen molar-refractivity contribution >= 4 is 11.8 Å². The maximum absolute atomic E-state index is 11.8. The number of rotatable bonds is 2. The number of esters is 1. The van der Waals surface area contributed by atoms with Crippen LogP contribution in [0.3, 0.4) is 0 Å². The first-order valence-corrected chi connectivity index (χ1v) is 6.87. The molecule has 0 aromatic carbocycles. The van der Waals surface area contributed by atoms with Crippen molar-refractivity contribution in [2.24, 2.45) is 5.41 Å². The molecule has 1 saturated carbocycles. The van der Waals surface area contributed by atoms with E-state index >= 15 is 0 Å². The van der Waals surface area contributed by atoms with Crippen molar-refractivity contribution in [1.82, 2.24) is 9.97 Å². The number of hydrogen-bond acceptors (Lipinski definition) is 5. The summed E-state index contributed by atoms with van der Waals surface area (Å²) in [7, 11) is 1.39. The Morgan fingerprint density at radius 3 is 2.89 bits per heavy atom. The Labute approximate surface area is 113 Å². The second-order valence-electron chi connectivity index (χ2n) is 5.63. The number of carbonyl (C=O) groups is 1. The van der Waals surface area contributed by atoms with Gasteiger partial charge < -0.3 is 9.64 Å². The summed E-state index contributed by atoms with van der Waals surface area (Å²) in [4.78, 5) is 22.2. The summed E-state index contributed by atoms with van der Waals surface area (Å²) in [6.45, 7) is 1.98. The number of carbonyl (C=O) groups excluding carboxylic acids is 1. The summed E-state index contributed by atoms with van der Waals surface area (Å²) in [5.41, 5.74) is 0.929. The highest BCUT2D eigenvalue weighted by molar-refractivity contribution is 5.94.